The first-order valence-electron chi connectivity index (χ1n) is 14.2. The third kappa shape index (κ3) is 14.0. The second kappa shape index (κ2) is 18.3. The third-order valence-electron chi connectivity index (χ3n) is 7.36. The van der Waals surface area contributed by atoms with Crippen LogP contribution in [0.3, 0.4) is 0 Å². The molecule has 0 saturated carbocycles. The summed E-state index contributed by atoms with van der Waals surface area (Å²) in [5, 5.41) is 26.0. The standard InChI is InChI=1S/C31H45Cl3N2O7S/c1-18(12-13-24(35-8)20(3)14-23-16-44-22(5)36-23)10-9-11-19(2)27(43-29(41)42-17-31(32,33)34)21(4)28(40)30(6,7)25(37)15-26(38)39/h9-10,12,14,16,19,21,24-25,27,35,37H,11,13,15,17H2,1-8H3,(H,38,39)/b10-9+,18-12-,20-14+/t19-,21+,24-,25-,27?/m0/s1. The molecule has 0 radical (unpaired) electrons. The summed E-state index contributed by atoms with van der Waals surface area (Å²) in [6.07, 6.45) is 5.11. The summed E-state index contributed by atoms with van der Waals surface area (Å²) < 4.78 is 8.63. The fraction of sp³-hybridized carbons (Fsp3) is 0.613. The largest absolute Gasteiger partial charge is 0.508 e. The first-order chi connectivity index (χ1) is 20.3. The van der Waals surface area contributed by atoms with E-state index in [2.05, 4.69) is 29.4 Å². The van der Waals surface area contributed by atoms with Crippen LogP contribution in [-0.2, 0) is 19.1 Å². The molecule has 44 heavy (non-hydrogen) atoms. The lowest BCUT2D eigenvalue weighted by Crippen LogP contribution is -2.46. The number of thiazole rings is 1. The van der Waals surface area contributed by atoms with Crippen molar-refractivity contribution in [1.82, 2.24) is 10.3 Å². The Morgan fingerprint density at radius 1 is 1.16 bits per heavy atom. The maximum Gasteiger partial charge on any atom is 0.508 e. The molecule has 1 aromatic rings. The number of aliphatic carboxylic acids is 1. The molecule has 248 valence electrons. The van der Waals surface area contributed by atoms with Crippen molar-refractivity contribution in [2.75, 3.05) is 13.7 Å². The highest BCUT2D eigenvalue weighted by Gasteiger charge is 2.43. The number of alkyl halides is 3. The van der Waals surface area contributed by atoms with Gasteiger partial charge in [-0.3, -0.25) is 9.59 Å². The van der Waals surface area contributed by atoms with E-state index in [9.17, 15) is 19.5 Å². The lowest BCUT2D eigenvalue weighted by atomic mass is 9.73. The van der Waals surface area contributed by atoms with Crippen molar-refractivity contribution in [3.8, 4) is 0 Å². The summed E-state index contributed by atoms with van der Waals surface area (Å²) in [5.74, 6) is -2.99. The van der Waals surface area contributed by atoms with Crippen LogP contribution >= 0.6 is 46.1 Å². The summed E-state index contributed by atoms with van der Waals surface area (Å²) in [7, 11) is 1.91. The Morgan fingerprint density at radius 3 is 2.32 bits per heavy atom. The highest BCUT2D eigenvalue weighted by atomic mass is 35.6. The lowest BCUT2D eigenvalue weighted by molar-refractivity contribution is -0.147. The molecule has 0 spiro atoms. The van der Waals surface area contributed by atoms with Crippen molar-refractivity contribution in [2.45, 2.75) is 89.8 Å². The highest BCUT2D eigenvalue weighted by molar-refractivity contribution is 7.09. The van der Waals surface area contributed by atoms with Crippen molar-refractivity contribution in [3.05, 3.63) is 45.5 Å². The van der Waals surface area contributed by atoms with Crippen molar-refractivity contribution in [2.24, 2.45) is 17.3 Å². The van der Waals surface area contributed by atoms with Gasteiger partial charge in [-0.1, -0.05) is 91.9 Å². The van der Waals surface area contributed by atoms with Gasteiger partial charge < -0.3 is 25.0 Å². The number of halogens is 3. The Morgan fingerprint density at radius 2 is 1.80 bits per heavy atom. The fourth-order valence-corrected chi connectivity index (χ4v) is 5.34. The van der Waals surface area contributed by atoms with E-state index in [4.69, 9.17) is 49.4 Å². The molecule has 0 aliphatic heterocycles. The van der Waals surface area contributed by atoms with Crippen molar-refractivity contribution >= 4 is 70.1 Å². The van der Waals surface area contributed by atoms with E-state index >= 15 is 0 Å². The number of ketones is 1. The molecule has 3 N–H and O–H groups in total. The molecule has 0 aromatic carbocycles. The van der Waals surface area contributed by atoms with E-state index in [0.717, 1.165) is 28.3 Å². The van der Waals surface area contributed by atoms with Gasteiger partial charge in [0.15, 0.2) is 0 Å². The summed E-state index contributed by atoms with van der Waals surface area (Å²) in [6.45, 7) is 11.8. The number of nitrogens with one attached hydrogen (secondary N) is 1. The van der Waals surface area contributed by atoms with E-state index in [-0.39, 0.29) is 12.0 Å². The van der Waals surface area contributed by atoms with Gasteiger partial charge in [0.25, 0.3) is 0 Å². The summed E-state index contributed by atoms with van der Waals surface area (Å²) in [4.78, 5) is 41.6. The van der Waals surface area contributed by atoms with E-state index in [1.165, 1.54) is 13.8 Å². The molecule has 0 saturated heterocycles. The average Bonchev–Trinajstić information content (AvgIpc) is 3.33. The normalized spacial score (nSPS) is 16.7. The Kier molecular flexibility index (Phi) is 16.6. The minimum Gasteiger partial charge on any atom is -0.481 e. The number of aliphatic hydroxyl groups is 1. The number of Topliss-reactive ketones (excluding diaryl/α,β-unsaturated/α-hetero) is 1. The van der Waals surface area contributed by atoms with Gasteiger partial charge in [0, 0.05) is 11.4 Å². The smallest absolute Gasteiger partial charge is 0.481 e. The van der Waals surface area contributed by atoms with Crippen LogP contribution in [0.2, 0.25) is 0 Å². The molecule has 0 bridgehead atoms. The van der Waals surface area contributed by atoms with Crippen LogP contribution in [0.4, 0.5) is 4.79 Å². The number of carboxylic acid groups (broad SMARTS) is 1. The molecule has 1 unspecified atom stereocenters. The SMILES string of the molecule is CN[C@@H](C/C=C(C)\C=C\C[C@H](C)C(OC(=O)OCC(Cl)(Cl)Cl)[C@@H](C)C(=O)C(C)(C)[C@@H](O)CC(=O)O)/C(C)=C/c1csc(C)n1. The van der Waals surface area contributed by atoms with Crippen LogP contribution in [0, 0.1) is 24.2 Å². The number of aryl methyl sites for hydroxylation is 1. The predicted octanol–water partition coefficient (Wildman–Crippen LogP) is 7.32. The number of aliphatic hydroxyl groups excluding tert-OH is 1. The van der Waals surface area contributed by atoms with Crippen molar-refractivity contribution in [1.29, 1.82) is 0 Å². The molecule has 0 fully saturated rings. The molecule has 5 atom stereocenters. The number of nitrogens with zero attached hydrogens (tertiary/aromatic N) is 1. The molecule has 9 nitrogen and oxygen atoms in total. The summed E-state index contributed by atoms with van der Waals surface area (Å²) in [6, 6.07) is 0.127. The number of carbonyl (C=O) groups excluding carboxylic acids is 2. The first-order valence-corrected chi connectivity index (χ1v) is 16.2. The van der Waals surface area contributed by atoms with Crippen molar-refractivity contribution < 1.29 is 34.1 Å². The molecule has 0 aliphatic rings. The van der Waals surface area contributed by atoms with Gasteiger partial charge in [-0.15, -0.1) is 11.3 Å². The molecule has 0 aliphatic carbocycles. The molecule has 0 amide bonds. The Hall–Kier alpha value is -1.95. The predicted molar refractivity (Wildman–Crippen MR) is 177 cm³/mol. The number of carboxylic acids is 1. The van der Waals surface area contributed by atoms with E-state index < -0.39 is 58.3 Å². The number of hydrogen-bond donors (Lipinski definition) is 3. The van der Waals surface area contributed by atoms with E-state index in [1.807, 2.05) is 45.4 Å². The van der Waals surface area contributed by atoms with Gasteiger partial charge in [-0.25, -0.2) is 9.78 Å². The molecule has 13 heteroatoms. The van der Waals surface area contributed by atoms with Crippen LogP contribution in [0.1, 0.15) is 71.5 Å². The Balaban J connectivity index is 3.05. The van der Waals surface area contributed by atoms with Gasteiger partial charge in [-0.2, -0.15) is 0 Å². The number of carbonyl (C=O) groups is 3. The van der Waals surface area contributed by atoms with E-state index in [1.54, 1.807) is 18.3 Å². The third-order valence-corrected chi connectivity index (χ3v) is 8.48. The van der Waals surface area contributed by atoms with Crippen LogP contribution in [0.25, 0.3) is 6.08 Å². The summed E-state index contributed by atoms with van der Waals surface area (Å²) in [5.41, 5.74) is 1.71. The zero-order valence-electron chi connectivity index (χ0n) is 26.5. The van der Waals surface area contributed by atoms with Gasteiger partial charge in [0.05, 0.1) is 34.6 Å². The number of ether oxygens (including phenoxy) is 2. The molecular formula is C31H45Cl3N2O7S. The Labute approximate surface area is 279 Å². The number of likely N-dealkylation sites (N-methyl/N-ethyl adjacent to an activating group) is 1. The number of hydrogen-bond acceptors (Lipinski definition) is 9. The zero-order chi connectivity index (χ0) is 33.8. The van der Waals surface area contributed by atoms with Crippen LogP contribution in [0.15, 0.2) is 34.8 Å². The van der Waals surface area contributed by atoms with Gasteiger partial charge >= 0.3 is 12.1 Å². The minimum absolute atomic E-state index is 0.127. The first kappa shape index (κ1) is 40.1. The average molecular weight is 696 g/mol. The van der Waals surface area contributed by atoms with Gasteiger partial charge in [-0.05, 0) is 52.7 Å². The van der Waals surface area contributed by atoms with Crippen LogP contribution < -0.4 is 5.32 Å². The van der Waals surface area contributed by atoms with Crippen LogP contribution in [-0.4, -0.2) is 68.8 Å². The quantitative estimate of drug-likeness (QED) is 0.0870. The van der Waals surface area contributed by atoms with Crippen LogP contribution in [0.5, 0.6) is 0 Å². The minimum atomic E-state index is -1.85. The number of rotatable bonds is 17. The fourth-order valence-electron chi connectivity index (χ4n) is 4.60. The molecular weight excluding hydrogens is 651 g/mol. The molecule has 1 heterocycles. The topological polar surface area (TPSA) is 135 Å². The van der Waals surface area contributed by atoms with Gasteiger partial charge in [0.2, 0.25) is 3.79 Å². The lowest BCUT2D eigenvalue weighted by Gasteiger charge is -2.35. The molecule has 1 aromatic heterocycles. The monoisotopic (exact) mass is 694 g/mol. The highest BCUT2D eigenvalue weighted by Crippen LogP contribution is 2.33. The number of allylic oxidation sites excluding steroid dienone is 3. The summed E-state index contributed by atoms with van der Waals surface area (Å²) >= 11 is 18.6. The zero-order valence-corrected chi connectivity index (χ0v) is 29.6. The second-order valence-corrected chi connectivity index (χ2v) is 15.1. The maximum absolute atomic E-state index is 13.5. The maximum atomic E-state index is 13.5. The Bertz CT molecular complexity index is 1210. The number of aromatic nitrogens is 1. The second-order valence-electron chi connectivity index (χ2n) is 11.5. The van der Waals surface area contributed by atoms with Gasteiger partial charge in [0.1, 0.15) is 18.5 Å². The van der Waals surface area contributed by atoms with Crippen molar-refractivity contribution in [3.63, 3.8) is 0 Å². The van der Waals surface area contributed by atoms with E-state index in [0.29, 0.717) is 6.42 Å². The molecule has 1 rings (SSSR count).